The van der Waals surface area contributed by atoms with Crippen LogP contribution in [0, 0.1) is 3.82 Å². The molecule has 0 radical (unpaired) electrons. The molecule has 0 amide bonds. The van der Waals surface area contributed by atoms with E-state index in [2.05, 4.69) is 28.9 Å². The number of ether oxygens (including phenoxy) is 2. The Bertz CT molecular complexity index is 858. The third-order valence-electron chi connectivity index (χ3n) is 5.75. The highest BCUT2D eigenvalue weighted by Crippen LogP contribution is 2.39. The van der Waals surface area contributed by atoms with Gasteiger partial charge in [0.1, 0.15) is 9.57 Å². The van der Waals surface area contributed by atoms with Crippen LogP contribution in [0.15, 0.2) is 12.1 Å². The van der Waals surface area contributed by atoms with Gasteiger partial charge in [0.25, 0.3) is 0 Å². The molecule has 0 atom stereocenters. The predicted molar refractivity (Wildman–Crippen MR) is 126 cm³/mol. The van der Waals surface area contributed by atoms with Crippen LogP contribution in [0.4, 0.5) is 0 Å². The molecule has 1 aromatic carbocycles. The first-order chi connectivity index (χ1) is 14.7. The standard InChI is InChI=1S/C22H30N2O3S3/c1-2-3-19-21(29-30-22(19)28)16-12-17(14-23-4-8-26-9-5-23)20(25)18(13-16)15-24-6-10-27-11-7-24/h12-13,25H,2-11,14-15H2,1H3. The van der Waals surface area contributed by atoms with Gasteiger partial charge in [-0.1, -0.05) is 46.2 Å². The molecule has 2 fully saturated rings. The van der Waals surface area contributed by atoms with Crippen molar-refractivity contribution >= 4 is 32.9 Å². The Balaban J connectivity index is 1.70. The second-order valence-electron chi connectivity index (χ2n) is 7.93. The van der Waals surface area contributed by atoms with Gasteiger partial charge in [0.15, 0.2) is 0 Å². The largest absolute Gasteiger partial charge is 0.507 e. The molecular formula is C22H30N2O3S3. The Morgan fingerprint density at radius 3 is 1.97 bits per heavy atom. The van der Waals surface area contributed by atoms with Crippen molar-refractivity contribution in [3.8, 4) is 16.2 Å². The molecule has 2 aliphatic heterocycles. The lowest BCUT2D eigenvalue weighted by Crippen LogP contribution is -2.36. The zero-order valence-electron chi connectivity index (χ0n) is 17.5. The molecule has 0 saturated carbocycles. The molecule has 0 bridgehead atoms. The van der Waals surface area contributed by atoms with Gasteiger partial charge in [0.2, 0.25) is 0 Å². The minimum Gasteiger partial charge on any atom is -0.507 e. The maximum Gasteiger partial charge on any atom is 0.124 e. The van der Waals surface area contributed by atoms with E-state index in [1.165, 1.54) is 16.0 Å². The molecule has 0 unspecified atom stereocenters. The summed E-state index contributed by atoms with van der Waals surface area (Å²) in [6.07, 6.45) is 2.09. The summed E-state index contributed by atoms with van der Waals surface area (Å²) in [4.78, 5) is 6.01. The number of rotatable bonds is 7. The Kier molecular flexibility index (Phi) is 7.91. The monoisotopic (exact) mass is 466 g/mol. The Morgan fingerprint density at radius 2 is 1.47 bits per heavy atom. The first-order valence-electron chi connectivity index (χ1n) is 10.7. The molecule has 164 valence electrons. The van der Waals surface area contributed by atoms with Crippen molar-refractivity contribution in [3.05, 3.63) is 32.6 Å². The van der Waals surface area contributed by atoms with Gasteiger partial charge >= 0.3 is 0 Å². The van der Waals surface area contributed by atoms with Crippen molar-refractivity contribution in [2.24, 2.45) is 0 Å². The minimum absolute atomic E-state index is 0.438. The summed E-state index contributed by atoms with van der Waals surface area (Å²) in [5.74, 6) is 0.438. The van der Waals surface area contributed by atoms with E-state index in [9.17, 15) is 5.11 Å². The normalized spacial score (nSPS) is 18.7. The Morgan fingerprint density at radius 1 is 0.933 bits per heavy atom. The number of nitrogens with zero attached hydrogens (tertiary/aromatic N) is 2. The summed E-state index contributed by atoms with van der Waals surface area (Å²) >= 11 is 5.63. The lowest BCUT2D eigenvalue weighted by molar-refractivity contribution is 0.0328. The molecule has 1 aromatic heterocycles. The number of phenolic OH excluding ortho intramolecular Hbond substituents is 1. The maximum absolute atomic E-state index is 11.2. The zero-order valence-corrected chi connectivity index (χ0v) is 20.0. The van der Waals surface area contributed by atoms with Crippen molar-refractivity contribution in [2.75, 3.05) is 52.6 Å². The number of phenols is 1. The number of aromatic hydroxyl groups is 1. The summed E-state index contributed by atoms with van der Waals surface area (Å²) in [6, 6.07) is 4.36. The van der Waals surface area contributed by atoms with Gasteiger partial charge in [0, 0.05) is 50.4 Å². The second kappa shape index (κ2) is 10.6. The first-order valence-corrected chi connectivity index (χ1v) is 13.3. The van der Waals surface area contributed by atoms with Gasteiger partial charge in [-0.2, -0.15) is 0 Å². The minimum atomic E-state index is 0.438. The van der Waals surface area contributed by atoms with Crippen LogP contribution < -0.4 is 0 Å². The van der Waals surface area contributed by atoms with Crippen LogP contribution in [0.3, 0.4) is 0 Å². The molecule has 3 heterocycles. The van der Waals surface area contributed by atoms with Gasteiger partial charge in [-0.15, -0.1) is 0 Å². The van der Waals surface area contributed by atoms with E-state index in [4.69, 9.17) is 21.7 Å². The van der Waals surface area contributed by atoms with Gasteiger partial charge in [-0.3, -0.25) is 9.80 Å². The molecule has 2 saturated heterocycles. The fraction of sp³-hybridized carbons (Fsp3) is 0.591. The highest BCUT2D eigenvalue weighted by atomic mass is 32.9. The van der Waals surface area contributed by atoms with E-state index >= 15 is 0 Å². The summed E-state index contributed by atoms with van der Waals surface area (Å²) in [5.41, 5.74) is 4.50. The predicted octanol–water partition coefficient (Wildman–Crippen LogP) is 4.53. The van der Waals surface area contributed by atoms with E-state index < -0.39 is 0 Å². The average molecular weight is 467 g/mol. The van der Waals surface area contributed by atoms with Gasteiger partial charge in [-0.25, -0.2) is 0 Å². The Labute approximate surface area is 191 Å². The molecule has 5 nitrogen and oxygen atoms in total. The average Bonchev–Trinajstić information content (AvgIpc) is 3.13. The number of hydrogen-bond acceptors (Lipinski definition) is 8. The highest BCUT2D eigenvalue weighted by molar-refractivity contribution is 7.80. The van der Waals surface area contributed by atoms with Crippen LogP contribution in [-0.4, -0.2) is 67.5 Å². The summed E-state index contributed by atoms with van der Waals surface area (Å²) < 4.78 is 12.0. The lowest BCUT2D eigenvalue weighted by atomic mass is 9.99. The fourth-order valence-electron chi connectivity index (χ4n) is 4.09. The van der Waals surface area contributed by atoms with Crippen molar-refractivity contribution in [1.82, 2.24) is 9.80 Å². The summed E-state index contributed by atoms with van der Waals surface area (Å²) in [5, 5.41) is 11.2. The molecule has 4 rings (SSSR count). The van der Waals surface area contributed by atoms with Crippen molar-refractivity contribution in [1.29, 1.82) is 0 Å². The highest BCUT2D eigenvalue weighted by Gasteiger charge is 2.20. The third kappa shape index (κ3) is 5.30. The van der Waals surface area contributed by atoms with Crippen molar-refractivity contribution < 1.29 is 14.6 Å². The van der Waals surface area contributed by atoms with Crippen LogP contribution in [-0.2, 0) is 29.0 Å². The zero-order chi connectivity index (χ0) is 20.9. The molecule has 0 aliphatic carbocycles. The third-order valence-corrected chi connectivity index (χ3v) is 8.94. The SMILES string of the molecule is CCCc1c(-c2cc(CN3CCOCC3)c(O)c(CN3CCOCC3)c2)ssc1=S. The van der Waals surface area contributed by atoms with Crippen LogP contribution >= 0.6 is 32.9 Å². The first kappa shape index (κ1) is 22.3. The van der Waals surface area contributed by atoms with Crippen molar-refractivity contribution in [2.45, 2.75) is 32.9 Å². The fourth-order valence-corrected chi connectivity index (χ4v) is 7.08. The summed E-state index contributed by atoms with van der Waals surface area (Å²) in [6.45, 7) is 10.3. The number of benzene rings is 1. The number of morpholine rings is 2. The van der Waals surface area contributed by atoms with Gasteiger partial charge in [-0.05, 0) is 29.7 Å². The van der Waals surface area contributed by atoms with Crippen LogP contribution in [0.1, 0.15) is 30.0 Å². The molecule has 2 aromatic rings. The van der Waals surface area contributed by atoms with Crippen LogP contribution in [0.5, 0.6) is 5.75 Å². The van der Waals surface area contributed by atoms with E-state index in [0.29, 0.717) is 5.75 Å². The molecule has 8 heteroatoms. The maximum atomic E-state index is 11.2. The molecule has 0 spiro atoms. The van der Waals surface area contributed by atoms with E-state index in [-0.39, 0.29) is 0 Å². The van der Waals surface area contributed by atoms with Gasteiger partial charge < -0.3 is 14.6 Å². The van der Waals surface area contributed by atoms with E-state index in [1.807, 2.05) is 0 Å². The van der Waals surface area contributed by atoms with E-state index in [0.717, 1.165) is 93.5 Å². The lowest BCUT2D eigenvalue weighted by Gasteiger charge is -2.29. The smallest absolute Gasteiger partial charge is 0.124 e. The quantitative estimate of drug-likeness (QED) is 0.478. The summed E-state index contributed by atoms with van der Waals surface area (Å²) in [7, 11) is 3.47. The molecular weight excluding hydrogens is 436 g/mol. The molecule has 30 heavy (non-hydrogen) atoms. The Hall–Kier alpha value is -0.870. The second-order valence-corrected chi connectivity index (χ2v) is 10.7. The topological polar surface area (TPSA) is 45.2 Å². The van der Waals surface area contributed by atoms with Crippen molar-refractivity contribution in [3.63, 3.8) is 0 Å². The molecule has 1 N–H and O–H groups in total. The molecule has 2 aliphatic rings. The number of hydrogen-bond donors (Lipinski definition) is 1. The van der Waals surface area contributed by atoms with Crippen LogP contribution in [0.2, 0.25) is 0 Å². The van der Waals surface area contributed by atoms with Gasteiger partial charge in [0.05, 0.1) is 31.3 Å². The van der Waals surface area contributed by atoms with E-state index in [1.54, 1.807) is 20.7 Å². The van der Waals surface area contributed by atoms with Crippen LogP contribution in [0.25, 0.3) is 10.4 Å².